The van der Waals surface area contributed by atoms with E-state index in [4.69, 9.17) is 14.2 Å². The second kappa shape index (κ2) is 49.0. The molecule has 1 unspecified atom stereocenters. The normalized spacial score (nSPS) is 12.9. The van der Waals surface area contributed by atoms with E-state index in [1.54, 1.807) is 0 Å². The highest BCUT2D eigenvalue weighted by Gasteiger charge is 2.19. The van der Waals surface area contributed by atoms with Gasteiger partial charge in [-0.25, -0.2) is 0 Å². The summed E-state index contributed by atoms with van der Waals surface area (Å²) < 4.78 is 16.7. The molecule has 1 atom stereocenters. The molecule has 6 nitrogen and oxygen atoms in total. The van der Waals surface area contributed by atoms with Crippen molar-refractivity contribution in [1.29, 1.82) is 0 Å². The molecule has 346 valence electrons. The van der Waals surface area contributed by atoms with E-state index in [1.165, 1.54) is 89.9 Å². The lowest BCUT2D eigenvalue weighted by molar-refractivity contribution is -0.167. The Kier molecular flexibility index (Phi) is 46.0. The van der Waals surface area contributed by atoms with Crippen molar-refractivity contribution in [1.82, 2.24) is 0 Å². The number of unbranched alkanes of at least 4 members (excludes halogenated alkanes) is 22. The summed E-state index contributed by atoms with van der Waals surface area (Å²) >= 11 is 0. The molecule has 0 aromatic heterocycles. The van der Waals surface area contributed by atoms with Gasteiger partial charge in [0.05, 0.1) is 0 Å². The van der Waals surface area contributed by atoms with E-state index in [0.717, 1.165) is 77.0 Å². The van der Waals surface area contributed by atoms with Crippen molar-refractivity contribution in [3.63, 3.8) is 0 Å². The van der Waals surface area contributed by atoms with Crippen LogP contribution in [0.2, 0.25) is 0 Å². The van der Waals surface area contributed by atoms with E-state index in [-0.39, 0.29) is 37.5 Å². The molecule has 0 rings (SSSR count). The summed E-state index contributed by atoms with van der Waals surface area (Å²) in [4.78, 5) is 37.9. The van der Waals surface area contributed by atoms with Gasteiger partial charge in [0, 0.05) is 19.3 Å². The van der Waals surface area contributed by atoms with E-state index >= 15 is 0 Å². The van der Waals surface area contributed by atoms with Crippen LogP contribution in [-0.4, -0.2) is 37.2 Å². The second-order valence-electron chi connectivity index (χ2n) is 16.2. The SMILES string of the molecule is CC/C=C/C=C/C=C/C=C/CCCCCC(=O)OCC(COC(=O)CCCCCCCCCCCCCCCCCCC)OC(=O)CCCCC/C=C/C=C/C=C/C=C/CC. The van der Waals surface area contributed by atoms with Gasteiger partial charge < -0.3 is 14.2 Å². The second-order valence-corrected chi connectivity index (χ2v) is 16.2. The third-order valence-electron chi connectivity index (χ3n) is 10.3. The molecule has 6 heteroatoms. The summed E-state index contributed by atoms with van der Waals surface area (Å²) in [7, 11) is 0. The van der Waals surface area contributed by atoms with Gasteiger partial charge in [0.1, 0.15) is 13.2 Å². The van der Waals surface area contributed by atoms with Crippen molar-refractivity contribution in [3.8, 4) is 0 Å². The molecule has 0 saturated heterocycles. The van der Waals surface area contributed by atoms with Crippen LogP contribution in [-0.2, 0) is 28.6 Å². The summed E-state index contributed by atoms with van der Waals surface area (Å²) in [6.45, 7) is 6.28. The molecule has 0 aromatic rings. The summed E-state index contributed by atoms with van der Waals surface area (Å²) in [5, 5.41) is 0. The standard InChI is InChI=1S/C55H90O6/c1-4-7-10-13-16-19-22-25-26-27-28-31-33-36-39-42-45-48-54(57)60-51-52(61-55(58)49-46-43-40-37-34-30-24-21-18-15-12-9-6-3)50-59-53(56)47-44-41-38-35-32-29-23-20-17-14-11-8-5-2/h8-9,11-12,14-15,17-18,20-21,23-24,29-30,32,34,52H,4-7,10,13,16,19,22,25-28,31,33,35-51H2,1-3H3/b11-8+,12-9+,17-14+,18-15+,23-20+,24-21+,32-29+,34-30+. The lowest BCUT2D eigenvalue weighted by atomic mass is 10.0. The number of carbonyl (C=O) groups is 3. The molecular weight excluding hydrogens is 757 g/mol. The van der Waals surface area contributed by atoms with Gasteiger partial charge in [0.25, 0.3) is 0 Å². The Morgan fingerprint density at radius 2 is 0.639 bits per heavy atom. The van der Waals surface area contributed by atoms with Crippen LogP contribution in [0.4, 0.5) is 0 Å². The number of ether oxygens (including phenoxy) is 3. The van der Waals surface area contributed by atoms with Crippen molar-refractivity contribution in [3.05, 3.63) is 97.2 Å². The topological polar surface area (TPSA) is 78.9 Å². The Morgan fingerprint density at radius 3 is 1.00 bits per heavy atom. The maximum Gasteiger partial charge on any atom is 0.306 e. The number of hydrogen-bond donors (Lipinski definition) is 0. The van der Waals surface area contributed by atoms with E-state index in [2.05, 4.69) is 45.1 Å². The monoisotopic (exact) mass is 847 g/mol. The van der Waals surface area contributed by atoms with Gasteiger partial charge in [-0.3, -0.25) is 14.4 Å². The molecular formula is C55H90O6. The predicted molar refractivity (Wildman–Crippen MR) is 260 cm³/mol. The largest absolute Gasteiger partial charge is 0.462 e. The van der Waals surface area contributed by atoms with Crippen LogP contribution in [0.15, 0.2) is 97.2 Å². The number of carbonyl (C=O) groups excluding carboxylic acids is 3. The van der Waals surface area contributed by atoms with Gasteiger partial charge in [0.2, 0.25) is 0 Å². The van der Waals surface area contributed by atoms with Crippen molar-refractivity contribution >= 4 is 17.9 Å². The minimum atomic E-state index is -0.812. The van der Waals surface area contributed by atoms with E-state index in [1.807, 2.05) is 72.9 Å². The average molecular weight is 847 g/mol. The highest BCUT2D eigenvalue weighted by atomic mass is 16.6. The third kappa shape index (κ3) is 47.2. The molecule has 0 bridgehead atoms. The number of allylic oxidation sites excluding steroid dienone is 16. The molecule has 0 aliphatic rings. The number of esters is 3. The van der Waals surface area contributed by atoms with Crippen LogP contribution in [0.5, 0.6) is 0 Å². The number of hydrogen-bond acceptors (Lipinski definition) is 6. The van der Waals surface area contributed by atoms with Crippen molar-refractivity contribution in [2.45, 2.75) is 219 Å². The minimum absolute atomic E-state index is 0.106. The maximum atomic E-state index is 12.7. The molecule has 0 saturated carbocycles. The first-order valence-electron chi connectivity index (χ1n) is 24.8. The Balaban J connectivity index is 4.46. The molecule has 0 spiro atoms. The Labute approximate surface area is 375 Å². The smallest absolute Gasteiger partial charge is 0.306 e. The molecule has 0 N–H and O–H groups in total. The van der Waals surface area contributed by atoms with Crippen molar-refractivity contribution < 1.29 is 28.6 Å². The van der Waals surface area contributed by atoms with Gasteiger partial charge in [-0.05, 0) is 57.8 Å². The van der Waals surface area contributed by atoms with Crippen molar-refractivity contribution in [2.75, 3.05) is 13.2 Å². The third-order valence-corrected chi connectivity index (χ3v) is 10.3. The van der Waals surface area contributed by atoms with E-state index < -0.39 is 6.10 Å². The summed E-state index contributed by atoms with van der Waals surface area (Å²) in [5.74, 6) is -0.990. The lowest BCUT2D eigenvalue weighted by Gasteiger charge is -2.18. The molecule has 0 heterocycles. The molecule has 0 aromatic carbocycles. The van der Waals surface area contributed by atoms with Gasteiger partial charge in [-0.2, -0.15) is 0 Å². The maximum absolute atomic E-state index is 12.7. The molecule has 0 amide bonds. The zero-order valence-electron chi connectivity index (χ0n) is 39.4. The first-order valence-corrected chi connectivity index (χ1v) is 24.8. The molecule has 0 fully saturated rings. The fourth-order valence-electron chi connectivity index (χ4n) is 6.58. The summed E-state index contributed by atoms with van der Waals surface area (Å²) in [5.41, 5.74) is 0. The zero-order valence-corrected chi connectivity index (χ0v) is 39.4. The fraction of sp³-hybridized carbons (Fsp3) is 0.655. The lowest BCUT2D eigenvalue weighted by Crippen LogP contribution is -2.30. The van der Waals surface area contributed by atoms with Crippen LogP contribution < -0.4 is 0 Å². The molecule has 61 heavy (non-hydrogen) atoms. The van der Waals surface area contributed by atoms with Crippen LogP contribution in [0.25, 0.3) is 0 Å². The first-order chi connectivity index (χ1) is 30.0. The summed E-state index contributed by atoms with van der Waals surface area (Å²) in [6, 6.07) is 0. The highest BCUT2D eigenvalue weighted by Crippen LogP contribution is 2.15. The Hall–Kier alpha value is -3.67. The van der Waals surface area contributed by atoms with Gasteiger partial charge >= 0.3 is 17.9 Å². The van der Waals surface area contributed by atoms with Gasteiger partial charge in [0.15, 0.2) is 6.10 Å². The van der Waals surface area contributed by atoms with E-state index in [0.29, 0.717) is 19.3 Å². The van der Waals surface area contributed by atoms with Crippen LogP contribution in [0, 0.1) is 0 Å². The first kappa shape index (κ1) is 57.3. The van der Waals surface area contributed by atoms with Gasteiger partial charge in [-0.15, -0.1) is 0 Å². The van der Waals surface area contributed by atoms with Crippen LogP contribution in [0.1, 0.15) is 213 Å². The summed E-state index contributed by atoms with van der Waals surface area (Å²) in [6.07, 6.45) is 64.0. The van der Waals surface area contributed by atoms with E-state index in [9.17, 15) is 14.4 Å². The van der Waals surface area contributed by atoms with Crippen molar-refractivity contribution in [2.24, 2.45) is 0 Å². The Morgan fingerprint density at radius 1 is 0.344 bits per heavy atom. The molecule has 0 aliphatic carbocycles. The van der Waals surface area contributed by atoms with Gasteiger partial charge in [-0.1, -0.05) is 234 Å². The molecule has 0 aliphatic heterocycles. The highest BCUT2D eigenvalue weighted by molar-refractivity contribution is 5.71. The minimum Gasteiger partial charge on any atom is -0.462 e. The average Bonchev–Trinajstić information content (AvgIpc) is 3.26. The predicted octanol–water partition coefficient (Wildman–Crippen LogP) is 16.2. The number of rotatable bonds is 43. The quantitative estimate of drug-likeness (QED) is 0.0263. The fourth-order valence-corrected chi connectivity index (χ4v) is 6.58. The van der Waals surface area contributed by atoms with Crippen LogP contribution >= 0.6 is 0 Å². The Bertz CT molecular complexity index is 1250. The molecule has 0 radical (unpaired) electrons. The van der Waals surface area contributed by atoms with Crippen LogP contribution in [0.3, 0.4) is 0 Å². The zero-order chi connectivity index (χ0) is 44.4.